The molecule has 0 amide bonds. The Morgan fingerprint density at radius 2 is 1.81 bits per heavy atom. The molecular formula is C26H44N2O4. The molecule has 0 aromatic carbocycles. The molecule has 0 aromatic heterocycles. The van der Waals surface area contributed by atoms with Crippen molar-refractivity contribution < 1.29 is 19.4 Å². The molecule has 0 radical (unpaired) electrons. The molecule has 0 aliphatic heterocycles. The SMILES string of the molecule is CO/N=C1\C=C2C(CCC3(C)C(C(C)NCC(OC)OC)CC[C@@]23O)C2(C)CCCCC12. The second kappa shape index (κ2) is 9.01. The van der Waals surface area contributed by atoms with Crippen LogP contribution in [0.25, 0.3) is 0 Å². The Morgan fingerprint density at radius 3 is 2.50 bits per heavy atom. The molecule has 4 aliphatic carbocycles. The molecule has 7 atom stereocenters. The number of aliphatic hydroxyl groups is 1. The van der Waals surface area contributed by atoms with Gasteiger partial charge in [-0.1, -0.05) is 31.8 Å². The molecular weight excluding hydrogens is 404 g/mol. The molecule has 2 N–H and O–H groups in total. The summed E-state index contributed by atoms with van der Waals surface area (Å²) in [5, 5.41) is 20.5. The van der Waals surface area contributed by atoms with Gasteiger partial charge in [-0.25, -0.2) is 0 Å². The van der Waals surface area contributed by atoms with Crippen LogP contribution in [0.1, 0.15) is 72.1 Å². The molecule has 3 fully saturated rings. The van der Waals surface area contributed by atoms with Gasteiger partial charge < -0.3 is 24.7 Å². The first-order chi connectivity index (χ1) is 15.2. The average molecular weight is 449 g/mol. The highest BCUT2D eigenvalue weighted by molar-refractivity contribution is 5.99. The lowest BCUT2D eigenvalue weighted by Gasteiger charge is -2.60. The number of nitrogens with one attached hydrogen (secondary N) is 1. The summed E-state index contributed by atoms with van der Waals surface area (Å²) in [6, 6.07) is 0.271. The number of rotatable bonds is 7. The fraction of sp³-hybridized carbons (Fsp3) is 0.885. The Balaban J connectivity index is 1.65. The van der Waals surface area contributed by atoms with Gasteiger partial charge in [0.1, 0.15) is 7.11 Å². The van der Waals surface area contributed by atoms with Crippen LogP contribution < -0.4 is 5.32 Å². The van der Waals surface area contributed by atoms with Crippen molar-refractivity contribution >= 4 is 5.71 Å². The number of nitrogens with zero attached hydrogens (tertiary/aromatic N) is 1. The second-order valence-electron chi connectivity index (χ2n) is 11.2. The quantitative estimate of drug-likeness (QED) is 0.449. The molecule has 3 saturated carbocycles. The molecule has 6 unspecified atom stereocenters. The number of hydrogen-bond acceptors (Lipinski definition) is 6. The van der Waals surface area contributed by atoms with Gasteiger partial charge in [0, 0.05) is 38.1 Å². The zero-order valence-electron chi connectivity index (χ0n) is 20.9. The maximum absolute atomic E-state index is 12.4. The Kier molecular flexibility index (Phi) is 6.81. The molecule has 4 rings (SSSR count). The highest BCUT2D eigenvalue weighted by Gasteiger charge is 2.65. The number of methoxy groups -OCH3 is 2. The van der Waals surface area contributed by atoms with E-state index in [1.54, 1.807) is 21.3 Å². The fourth-order valence-corrected chi connectivity index (χ4v) is 8.14. The first-order valence-electron chi connectivity index (χ1n) is 12.6. The monoisotopic (exact) mass is 448 g/mol. The van der Waals surface area contributed by atoms with Gasteiger partial charge in [0.25, 0.3) is 0 Å². The summed E-state index contributed by atoms with van der Waals surface area (Å²) in [4.78, 5) is 5.29. The van der Waals surface area contributed by atoms with Crippen LogP contribution in [0.15, 0.2) is 16.8 Å². The van der Waals surface area contributed by atoms with Crippen LogP contribution in [-0.4, -0.2) is 56.6 Å². The number of allylic oxidation sites excluding steroid dienone is 1. The zero-order chi connectivity index (χ0) is 23.1. The summed E-state index contributed by atoms with van der Waals surface area (Å²) in [6.07, 6.45) is 11.0. The number of oxime groups is 1. The predicted molar refractivity (Wildman–Crippen MR) is 126 cm³/mol. The van der Waals surface area contributed by atoms with E-state index in [0.717, 1.165) is 31.4 Å². The third kappa shape index (κ3) is 3.57. The molecule has 6 heteroatoms. The van der Waals surface area contributed by atoms with E-state index in [1.165, 1.54) is 31.3 Å². The van der Waals surface area contributed by atoms with E-state index in [9.17, 15) is 5.11 Å². The topological polar surface area (TPSA) is 72.3 Å². The standard InChI is InChI=1S/C26H44N2O4/c1-17(27-16-23(30-4)31-5)18-11-14-26(29)21-15-22(28-32-6)20-9-7-8-12-24(20,2)19(21)10-13-25(18,26)3/h15,17-20,23,27,29H,7-14,16H2,1-6H3/b28-22+/t17?,18?,19?,20?,24?,25?,26-/m1/s1. The van der Waals surface area contributed by atoms with Crippen molar-refractivity contribution in [2.24, 2.45) is 33.7 Å². The van der Waals surface area contributed by atoms with E-state index in [-0.39, 0.29) is 23.2 Å². The molecule has 0 saturated heterocycles. The summed E-state index contributed by atoms with van der Waals surface area (Å²) in [5.74, 6) is 1.27. The van der Waals surface area contributed by atoms with Crippen LogP contribution in [0.5, 0.6) is 0 Å². The minimum Gasteiger partial charge on any atom is -0.399 e. The minimum atomic E-state index is -0.779. The Bertz CT molecular complexity index is 750. The van der Waals surface area contributed by atoms with E-state index < -0.39 is 5.60 Å². The van der Waals surface area contributed by atoms with Gasteiger partial charge in [-0.15, -0.1) is 0 Å². The van der Waals surface area contributed by atoms with Gasteiger partial charge in [-0.2, -0.15) is 0 Å². The third-order valence-corrected chi connectivity index (χ3v) is 10.0. The van der Waals surface area contributed by atoms with E-state index >= 15 is 0 Å². The molecule has 0 heterocycles. The molecule has 6 nitrogen and oxygen atoms in total. The van der Waals surface area contributed by atoms with Crippen LogP contribution in [0, 0.1) is 28.6 Å². The molecule has 0 spiro atoms. The molecule has 32 heavy (non-hydrogen) atoms. The van der Waals surface area contributed by atoms with Crippen LogP contribution in [0.4, 0.5) is 0 Å². The Hall–Kier alpha value is -0.950. The van der Waals surface area contributed by atoms with Gasteiger partial charge in [0.05, 0.1) is 11.3 Å². The van der Waals surface area contributed by atoms with Crippen LogP contribution in [-0.2, 0) is 14.3 Å². The maximum Gasteiger partial charge on any atom is 0.169 e. The van der Waals surface area contributed by atoms with Gasteiger partial charge in [-0.3, -0.25) is 0 Å². The van der Waals surface area contributed by atoms with Gasteiger partial charge in [0.15, 0.2) is 6.29 Å². The van der Waals surface area contributed by atoms with Crippen LogP contribution in [0.2, 0.25) is 0 Å². The van der Waals surface area contributed by atoms with Crippen molar-refractivity contribution in [1.82, 2.24) is 5.32 Å². The lowest BCUT2D eigenvalue weighted by Crippen LogP contribution is -2.59. The highest BCUT2D eigenvalue weighted by atomic mass is 16.7. The van der Waals surface area contributed by atoms with E-state index in [0.29, 0.717) is 24.3 Å². The summed E-state index contributed by atoms with van der Waals surface area (Å²) in [5.41, 5.74) is 1.52. The predicted octanol–water partition coefficient (Wildman–Crippen LogP) is 4.28. The summed E-state index contributed by atoms with van der Waals surface area (Å²) < 4.78 is 10.7. The van der Waals surface area contributed by atoms with Gasteiger partial charge in [-0.05, 0) is 74.3 Å². The minimum absolute atomic E-state index is 0.159. The molecule has 182 valence electrons. The van der Waals surface area contributed by atoms with Crippen molar-refractivity contribution in [3.8, 4) is 0 Å². The first kappa shape index (κ1) is 24.2. The average Bonchev–Trinajstić information content (AvgIpc) is 3.06. The summed E-state index contributed by atoms with van der Waals surface area (Å²) in [6.45, 7) is 7.68. The van der Waals surface area contributed by atoms with E-state index in [2.05, 4.69) is 37.3 Å². The van der Waals surface area contributed by atoms with Crippen molar-refractivity contribution in [2.75, 3.05) is 27.9 Å². The normalized spacial score (nSPS) is 43.4. The van der Waals surface area contributed by atoms with Crippen LogP contribution >= 0.6 is 0 Å². The smallest absolute Gasteiger partial charge is 0.169 e. The number of hydrogen-bond donors (Lipinski definition) is 2. The van der Waals surface area contributed by atoms with Gasteiger partial charge in [0.2, 0.25) is 0 Å². The van der Waals surface area contributed by atoms with Gasteiger partial charge >= 0.3 is 0 Å². The summed E-state index contributed by atoms with van der Waals surface area (Å²) in [7, 11) is 4.99. The number of ether oxygens (including phenoxy) is 2. The fourth-order valence-electron chi connectivity index (χ4n) is 8.14. The zero-order valence-corrected chi connectivity index (χ0v) is 20.9. The summed E-state index contributed by atoms with van der Waals surface area (Å²) >= 11 is 0. The highest BCUT2D eigenvalue weighted by Crippen LogP contribution is 2.67. The number of fused-ring (bicyclic) bond motifs is 5. The molecule has 0 bridgehead atoms. The Labute approximate surface area is 194 Å². The lowest BCUT2D eigenvalue weighted by atomic mass is 9.46. The van der Waals surface area contributed by atoms with E-state index in [4.69, 9.17) is 14.3 Å². The maximum atomic E-state index is 12.4. The van der Waals surface area contributed by atoms with Crippen molar-refractivity contribution in [2.45, 2.75) is 90.1 Å². The van der Waals surface area contributed by atoms with E-state index in [1.807, 2.05) is 0 Å². The van der Waals surface area contributed by atoms with Crippen molar-refractivity contribution in [1.29, 1.82) is 0 Å². The van der Waals surface area contributed by atoms with Crippen molar-refractivity contribution in [3.63, 3.8) is 0 Å². The molecule has 4 aliphatic rings. The first-order valence-corrected chi connectivity index (χ1v) is 12.6. The van der Waals surface area contributed by atoms with Crippen LogP contribution in [0.3, 0.4) is 0 Å². The lowest BCUT2D eigenvalue weighted by molar-refractivity contribution is -0.108. The Morgan fingerprint density at radius 1 is 1.06 bits per heavy atom. The van der Waals surface area contributed by atoms with Crippen molar-refractivity contribution in [3.05, 3.63) is 11.6 Å². The largest absolute Gasteiger partial charge is 0.399 e. The second-order valence-corrected chi connectivity index (χ2v) is 11.2. The molecule has 0 aromatic rings. The third-order valence-electron chi connectivity index (χ3n) is 10.0.